The van der Waals surface area contributed by atoms with E-state index < -0.39 is 0 Å². The highest BCUT2D eigenvalue weighted by Crippen LogP contribution is 2.37. The van der Waals surface area contributed by atoms with Gasteiger partial charge in [0, 0.05) is 37.9 Å². The molecule has 1 saturated carbocycles. The first-order valence-electron chi connectivity index (χ1n) is 8.08. The molecule has 1 unspecified atom stereocenters. The third-order valence-corrected chi connectivity index (χ3v) is 4.32. The predicted molar refractivity (Wildman–Crippen MR) is 99.6 cm³/mol. The SMILES string of the molecule is CC1CCCN(C(N)=NCCc2cnc(C3CC3)nc2)C1.I. The van der Waals surface area contributed by atoms with Gasteiger partial charge in [-0.05, 0) is 43.6 Å². The number of hydrogen-bond donors (Lipinski definition) is 1. The summed E-state index contributed by atoms with van der Waals surface area (Å²) in [5.41, 5.74) is 7.23. The standard InChI is InChI=1S/C16H25N5.HI/c1-12-3-2-8-21(11-12)16(17)18-7-6-13-9-19-15(20-10-13)14-4-5-14;/h9-10,12,14H,2-8,11H2,1H3,(H2,17,18);1H. The monoisotopic (exact) mass is 415 g/mol. The zero-order chi connectivity index (χ0) is 14.7. The van der Waals surface area contributed by atoms with Crippen LogP contribution >= 0.6 is 24.0 Å². The Morgan fingerprint density at radius 1 is 1.32 bits per heavy atom. The van der Waals surface area contributed by atoms with Gasteiger partial charge in [0.2, 0.25) is 0 Å². The van der Waals surface area contributed by atoms with E-state index in [2.05, 4.69) is 26.8 Å². The van der Waals surface area contributed by atoms with Crippen LogP contribution in [-0.2, 0) is 6.42 Å². The first-order chi connectivity index (χ1) is 10.2. The maximum absolute atomic E-state index is 6.09. The van der Waals surface area contributed by atoms with E-state index in [1.807, 2.05) is 12.4 Å². The number of piperidine rings is 1. The molecule has 1 atom stereocenters. The molecule has 0 spiro atoms. The van der Waals surface area contributed by atoms with Crippen molar-refractivity contribution in [1.82, 2.24) is 14.9 Å². The van der Waals surface area contributed by atoms with Crippen LogP contribution in [0.2, 0.25) is 0 Å². The summed E-state index contributed by atoms with van der Waals surface area (Å²) in [6.45, 7) is 5.06. The molecule has 22 heavy (non-hydrogen) atoms. The molecule has 0 amide bonds. The van der Waals surface area contributed by atoms with E-state index in [1.54, 1.807) is 0 Å². The van der Waals surface area contributed by atoms with Gasteiger partial charge in [0.1, 0.15) is 5.82 Å². The van der Waals surface area contributed by atoms with Gasteiger partial charge in [-0.15, -0.1) is 24.0 Å². The summed E-state index contributed by atoms with van der Waals surface area (Å²) in [5.74, 6) is 3.03. The number of likely N-dealkylation sites (tertiary alicyclic amines) is 1. The average molecular weight is 415 g/mol. The average Bonchev–Trinajstić information content (AvgIpc) is 3.32. The van der Waals surface area contributed by atoms with Gasteiger partial charge >= 0.3 is 0 Å². The van der Waals surface area contributed by atoms with E-state index in [4.69, 9.17) is 5.73 Å². The van der Waals surface area contributed by atoms with E-state index in [1.165, 1.54) is 25.7 Å². The molecule has 2 heterocycles. The molecule has 2 N–H and O–H groups in total. The molecule has 1 aromatic heterocycles. The summed E-state index contributed by atoms with van der Waals surface area (Å²) in [6, 6.07) is 0. The van der Waals surface area contributed by atoms with Crippen LogP contribution in [0.4, 0.5) is 0 Å². The van der Waals surface area contributed by atoms with Gasteiger partial charge in [0.25, 0.3) is 0 Å². The number of hydrogen-bond acceptors (Lipinski definition) is 3. The fraction of sp³-hybridized carbons (Fsp3) is 0.688. The molecule has 0 aromatic carbocycles. The van der Waals surface area contributed by atoms with Gasteiger partial charge in [-0.1, -0.05) is 6.92 Å². The first-order valence-corrected chi connectivity index (χ1v) is 8.08. The van der Waals surface area contributed by atoms with Crippen molar-refractivity contribution in [3.8, 4) is 0 Å². The van der Waals surface area contributed by atoms with Crippen LogP contribution < -0.4 is 5.73 Å². The second kappa shape index (κ2) is 8.08. The summed E-state index contributed by atoms with van der Waals surface area (Å²) in [5, 5.41) is 0. The molecule has 1 saturated heterocycles. The molecule has 122 valence electrons. The minimum atomic E-state index is 0. The maximum atomic E-state index is 6.09. The van der Waals surface area contributed by atoms with E-state index in [9.17, 15) is 0 Å². The van der Waals surface area contributed by atoms with E-state index in [-0.39, 0.29) is 24.0 Å². The van der Waals surface area contributed by atoms with Crippen LogP contribution in [0.5, 0.6) is 0 Å². The van der Waals surface area contributed by atoms with Gasteiger partial charge in [0.15, 0.2) is 5.96 Å². The lowest BCUT2D eigenvalue weighted by Crippen LogP contribution is -2.43. The molecule has 0 radical (unpaired) electrons. The molecule has 2 fully saturated rings. The van der Waals surface area contributed by atoms with Gasteiger partial charge in [0.05, 0.1) is 0 Å². The van der Waals surface area contributed by atoms with Crippen molar-refractivity contribution in [2.24, 2.45) is 16.6 Å². The van der Waals surface area contributed by atoms with Crippen molar-refractivity contribution in [3.63, 3.8) is 0 Å². The van der Waals surface area contributed by atoms with Crippen LogP contribution in [0.15, 0.2) is 17.4 Å². The zero-order valence-electron chi connectivity index (χ0n) is 13.2. The highest BCUT2D eigenvalue weighted by Gasteiger charge is 2.26. The number of nitrogens with two attached hydrogens (primary N) is 1. The summed E-state index contributed by atoms with van der Waals surface area (Å²) < 4.78 is 0. The molecule has 5 nitrogen and oxygen atoms in total. The molecule has 2 aliphatic rings. The molecule has 1 aromatic rings. The predicted octanol–water partition coefficient (Wildman–Crippen LogP) is 2.56. The Labute approximate surface area is 149 Å². The summed E-state index contributed by atoms with van der Waals surface area (Å²) in [7, 11) is 0. The quantitative estimate of drug-likeness (QED) is 0.466. The van der Waals surface area contributed by atoms with Crippen molar-refractivity contribution < 1.29 is 0 Å². The summed E-state index contributed by atoms with van der Waals surface area (Å²) >= 11 is 0. The van der Waals surface area contributed by atoms with Gasteiger partial charge in [-0.25, -0.2) is 9.97 Å². The summed E-state index contributed by atoms with van der Waals surface area (Å²) in [6.07, 6.45) is 9.74. The fourth-order valence-electron chi connectivity index (χ4n) is 2.84. The smallest absolute Gasteiger partial charge is 0.191 e. The normalized spacial score (nSPS) is 22.3. The number of guanidine groups is 1. The Morgan fingerprint density at radius 3 is 2.68 bits per heavy atom. The molecule has 6 heteroatoms. The lowest BCUT2D eigenvalue weighted by molar-refractivity contribution is 0.270. The molecular formula is C16H26IN5. The number of nitrogens with zero attached hydrogens (tertiary/aromatic N) is 4. The number of aromatic nitrogens is 2. The van der Waals surface area contributed by atoms with Crippen molar-refractivity contribution in [2.75, 3.05) is 19.6 Å². The van der Waals surface area contributed by atoms with Crippen LogP contribution in [0.3, 0.4) is 0 Å². The largest absolute Gasteiger partial charge is 0.370 e. The maximum Gasteiger partial charge on any atom is 0.191 e. The Morgan fingerprint density at radius 2 is 2.05 bits per heavy atom. The first kappa shape index (κ1) is 17.4. The van der Waals surface area contributed by atoms with Crippen LogP contribution in [0, 0.1) is 5.92 Å². The molecular weight excluding hydrogens is 389 g/mol. The lowest BCUT2D eigenvalue weighted by atomic mass is 10.0. The Bertz CT molecular complexity index is 498. The Balaban J connectivity index is 0.00000176. The number of halogens is 1. The molecule has 1 aliphatic heterocycles. The molecule has 1 aliphatic carbocycles. The third kappa shape index (κ3) is 4.79. The van der Waals surface area contributed by atoms with E-state index in [0.717, 1.165) is 36.8 Å². The minimum absolute atomic E-state index is 0. The fourth-order valence-corrected chi connectivity index (χ4v) is 2.84. The van der Waals surface area contributed by atoms with Gasteiger partial charge < -0.3 is 10.6 Å². The Kier molecular flexibility index (Phi) is 6.40. The highest BCUT2D eigenvalue weighted by molar-refractivity contribution is 14.0. The van der Waals surface area contributed by atoms with Crippen molar-refractivity contribution >= 4 is 29.9 Å². The topological polar surface area (TPSA) is 67.4 Å². The van der Waals surface area contributed by atoms with Gasteiger partial charge in [-0.2, -0.15) is 0 Å². The molecule has 0 bridgehead atoms. The Hall–Kier alpha value is -0.920. The highest BCUT2D eigenvalue weighted by atomic mass is 127. The van der Waals surface area contributed by atoms with Crippen molar-refractivity contribution in [1.29, 1.82) is 0 Å². The molecule has 3 rings (SSSR count). The van der Waals surface area contributed by atoms with Crippen molar-refractivity contribution in [3.05, 3.63) is 23.8 Å². The third-order valence-electron chi connectivity index (χ3n) is 4.32. The number of aliphatic imine (C=N–C) groups is 1. The second-order valence-corrected chi connectivity index (χ2v) is 6.41. The second-order valence-electron chi connectivity index (χ2n) is 6.41. The van der Waals surface area contributed by atoms with Crippen LogP contribution in [0.1, 0.15) is 49.9 Å². The van der Waals surface area contributed by atoms with E-state index in [0.29, 0.717) is 18.4 Å². The van der Waals surface area contributed by atoms with Gasteiger partial charge in [-0.3, -0.25) is 4.99 Å². The van der Waals surface area contributed by atoms with Crippen molar-refractivity contribution in [2.45, 2.75) is 44.9 Å². The minimum Gasteiger partial charge on any atom is -0.370 e. The van der Waals surface area contributed by atoms with Crippen LogP contribution in [-0.4, -0.2) is 40.5 Å². The van der Waals surface area contributed by atoms with E-state index >= 15 is 0 Å². The lowest BCUT2D eigenvalue weighted by Gasteiger charge is -2.31. The zero-order valence-corrected chi connectivity index (χ0v) is 15.6. The summed E-state index contributed by atoms with van der Waals surface area (Å²) in [4.78, 5) is 15.6. The van der Waals surface area contributed by atoms with Crippen LogP contribution in [0.25, 0.3) is 0 Å². The number of rotatable bonds is 4.